The third-order valence-electron chi connectivity index (χ3n) is 1.79. The maximum absolute atomic E-state index is 5.24. The SMILES string of the molecule is CCCS.CCC[Si](C)(OC)OC. The van der Waals surface area contributed by atoms with E-state index in [4.69, 9.17) is 8.85 Å². The van der Waals surface area contributed by atoms with Crippen LogP contribution < -0.4 is 0 Å². The van der Waals surface area contributed by atoms with Crippen molar-refractivity contribution in [3.8, 4) is 0 Å². The second-order valence-electron chi connectivity index (χ2n) is 3.02. The van der Waals surface area contributed by atoms with Crippen molar-refractivity contribution in [3.05, 3.63) is 0 Å². The minimum absolute atomic E-state index is 1.01. The Hall–Kier alpha value is 0.487. The highest BCUT2D eigenvalue weighted by molar-refractivity contribution is 7.80. The Morgan fingerprint density at radius 1 is 1.08 bits per heavy atom. The lowest BCUT2D eigenvalue weighted by Gasteiger charge is -2.21. The zero-order chi connectivity index (χ0) is 10.7. The van der Waals surface area contributed by atoms with Gasteiger partial charge in [-0.05, 0) is 24.8 Å². The molecule has 0 aromatic heterocycles. The van der Waals surface area contributed by atoms with Crippen LogP contribution in [0, 0.1) is 0 Å². The Labute approximate surface area is 89.7 Å². The largest absolute Gasteiger partial charge is 0.398 e. The molecule has 0 spiro atoms. The standard InChI is InChI=1S/C6H16O2Si.C3H8S/c1-5-6-9(4,7-2)8-3;1-2-3-4/h5-6H2,1-4H3;4H,2-3H2,1H3. The van der Waals surface area contributed by atoms with Crippen molar-refractivity contribution in [2.75, 3.05) is 20.0 Å². The number of hydrogen-bond donors (Lipinski definition) is 1. The molecule has 0 unspecified atom stereocenters. The highest BCUT2D eigenvalue weighted by Gasteiger charge is 2.26. The van der Waals surface area contributed by atoms with Crippen LogP contribution in [0.5, 0.6) is 0 Å². The normalized spacial score (nSPS) is 10.6. The smallest absolute Gasteiger partial charge is 0.334 e. The minimum atomic E-state index is -1.70. The summed E-state index contributed by atoms with van der Waals surface area (Å²) in [6, 6.07) is 1.08. The van der Waals surface area contributed by atoms with Gasteiger partial charge in [0.15, 0.2) is 0 Å². The van der Waals surface area contributed by atoms with E-state index in [0.717, 1.165) is 18.2 Å². The molecule has 4 heteroatoms. The summed E-state index contributed by atoms with van der Waals surface area (Å²) >= 11 is 3.92. The maximum Gasteiger partial charge on any atom is 0.334 e. The molecule has 0 N–H and O–H groups in total. The van der Waals surface area contributed by atoms with E-state index in [2.05, 4.69) is 33.0 Å². The summed E-state index contributed by atoms with van der Waals surface area (Å²) in [4.78, 5) is 0. The summed E-state index contributed by atoms with van der Waals surface area (Å²) in [6.07, 6.45) is 2.33. The Morgan fingerprint density at radius 3 is 1.54 bits per heavy atom. The van der Waals surface area contributed by atoms with Gasteiger partial charge in [0.2, 0.25) is 0 Å². The van der Waals surface area contributed by atoms with Crippen molar-refractivity contribution in [1.82, 2.24) is 0 Å². The van der Waals surface area contributed by atoms with Crippen molar-refractivity contribution in [2.24, 2.45) is 0 Å². The van der Waals surface area contributed by atoms with Gasteiger partial charge >= 0.3 is 8.56 Å². The van der Waals surface area contributed by atoms with E-state index in [-0.39, 0.29) is 0 Å². The molecule has 0 fully saturated rings. The van der Waals surface area contributed by atoms with Gasteiger partial charge in [-0.3, -0.25) is 0 Å². The van der Waals surface area contributed by atoms with E-state index >= 15 is 0 Å². The first kappa shape index (κ1) is 15.9. The molecule has 0 saturated carbocycles. The number of thiol groups is 1. The van der Waals surface area contributed by atoms with Crippen molar-refractivity contribution < 1.29 is 8.85 Å². The molecular formula is C9H24O2SSi. The van der Waals surface area contributed by atoms with Gasteiger partial charge in [-0.1, -0.05) is 20.3 Å². The van der Waals surface area contributed by atoms with Gasteiger partial charge in [-0.2, -0.15) is 12.6 Å². The van der Waals surface area contributed by atoms with E-state index in [1.165, 1.54) is 6.42 Å². The van der Waals surface area contributed by atoms with E-state index in [1.807, 2.05) is 0 Å². The molecule has 0 rings (SSSR count). The van der Waals surface area contributed by atoms with Crippen LogP contribution in [0.2, 0.25) is 12.6 Å². The predicted octanol–water partition coefficient (Wildman–Crippen LogP) is 3.09. The van der Waals surface area contributed by atoms with Gasteiger partial charge in [0.25, 0.3) is 0 Å². The third kappa shape index (κ3) is 10.4. The second kappa shape index (κ2) is 10.6. The fourth-order valence-corrected chi connectivity index (χ4v) is 2.22. The molecule has 0 atom stereocenters. The summed E-state index contributed by atoms with van der Waals surface area (Å²) < 4.78 is 10.5. The number of rotatable bonds is 5. The Bertz CT molecular complexity index is 95.6. The van der Waals surface area contributed by atoms with Gasteiger partial charge in [-0.15, -0.1) is 0 Å². The van der Waals surface area contributed by atoms with Crippen LogP contribution in [0.15, 0.2) is 0 Å². The molecule has 0 radical (unpaired) electrons. The second-order valence-corrected chi connectivity index (χ2v) is 7.05. The summed E-state index contributed by atoms with van der Waals surface area (Å²) in [5.74, 6) is 1.01. The van der Waals surface area contributed by atoms with Gasteiger partial charge in [-0.25, -0.2) is 0 Å². The fourth-order valence-electron chi connectivity index (χ4n) is 0.742. The monoisotopic (exact) mass is 224 g/mol. The summed E-state index contributed by atoms with van der Waals surface area (Å²) in [5.41, 5.74) is 0. The molecule has 0 amide bonds. The Balaban J connectivity index is 0. The molecule has 0 bridgehead atoms. The van der Waals surface area contributed by atoms with Crippen molar-refractivity contribution in [1.29, 1.82) is 0 Å². The molecule has 0 aromatic rings. The molecule has 0 aliphatic heterocycles. The predicted molar refractivity (Wildman–Crippen MR) is 64.9 cm³/mol. The molecule has 0 aromatic carbocycles. The van der Waals surface area contributed by atoms with Gasteiger partial charge in [0.1, 0.15) is 0 Å². The van der Waals surface area contributed by atoms with E-state index < -0.39 is 8.56 Å². The van der Waals surface area contributed by atoms with E-state index in [0.29, 0.717) is 0 Å². The van der Waals surface area contributed by atoms with Crippen LogP contribution >= 0.6 is 12.6 Å². The molecule has 2 nitrogen and oxygen atoms in total. The first-order chi connectivity index (χ1) is 6.10. The minimum Gasteiger partial charge on any atom is -0.398 e. The van der Waals surface area contributed by atoms with Gasteiger partial charge in [0, 0.05) is 14.2 Å². The van der Waals surface area contributed by atoms with E-state index in [1.54, 1.807) is 14.2 Å². The highest BCUT2D eigenvalue weighted by Crippen LogP contribution is 2.12. The molecule has 0 heterocycles. The molecule has 82 valence electrons. The average molecular weight is 224 g/mol. The summed E-state index contributed by atoms with van der Waals surface area (Å²) in [7, 11) is 1.76. The van der Waals surface area contributed by atoms with Crippen LogP contribution in [0.25, 0.3) is 0 Å². The average Bonchev–Trinajstić information content (AvgIpc) is 2.18. The van der Waals surface area contributed by atoms with Crippen LogP contribution in [0.3, 0.4) is 0 Å². The molecular weight excluding hydrogens is 200 g/mol. The van der Waals surface area contributed by atoms with Crippen LogP contribution in [0.4, 0.5) is 0 Å². The summed E-state index contributed by atoms with van der Waals surface area (Å²) in [5, 5.41) is 0. The van der Waals surface area contributed by atoms with Gasteiger partial charge < -0.3 is 8.85 Å². The first-order valence-electron chi connectivity index (χ1n) is 4.81. The lowest BCUT2D eigenvalue weighted by Crippen LogP contribution is -2.35. The lowest BCUT2D eigenvalue weighted by molar-refractivity contribution is 0.249. The Morgan fingerprint density at radius 2 is 1.46 bits per heavy atom. The van der Waals surface area contributed by atoms with Crippen LogP contribution in [-0.4, -0.2) is 28.5 Å². The quantitative estimate of drug-likeness (QED) is 0.571. The zero-order valence-corrected chi connectivity index (χ0v) is 11.5. The van der Waals surface area contributed by atoms with E-state index in [9.17, 15) is 0 Å². The topological polar surface area (TPSA) is 18.5 Å². The fraction of sp³-hybridized carbons (Fsp3) is 1.00. The number of hydrogen-bond acceptors (Lipinski definition) is 3. The van der Waals surface area contributed by atoms with Gasteiger partial charge in [0.05, 0.1) is 0 Å². The molecule has 13 heavy (non-hydrogen) atoms. The highest BCUT2D eigenvalue weighted by atomic mass is 32.1. The lowest BCUT2D eigenvalue weighted by atomic mass is 10.6. The van der Waals surface area contributed by atoms with Crippen molar-refractivity contribution in [3.63, 3.8) is 0 Å². The molecule has 0 saturated heterocycles. The Kier molecular flexibility index (Phi) is 13.0. The third-order valence-corrected chi connectivity index (χ3v) is 5.37. The maximum atomic E-state index is 5.24. The molecule has 0 aliphatic carbocycles. The van der Waals surface area contributed by atoms with Crippen LogP contribution in [-0.2, 0) is 8.85 Å². The summed E-state index contributed by atoms with van der Waals surface area (Å²) in [6.45, 7) is 6.33. The molecule has 0 aliphatic rings. The van der Waals surface area contributed by atoms with Crippen molar-refractivity contribution >= 4 is 21.2 Å². The zero-order valence-electron chi connectivity index (χ0n) is 9.59. The van der Waals surface area contributed by atoms with Crippen molar-refractivity contribution in [2.45, 2.75) is 39.3 Å². The van der Waals surface area contributed by atoms with Crippen LogP contribution in [0.1, 0.15) is 26.7 Å². The first-order valence-corrected chi connectivity index (χ1v) is 7.96.